The summed E-state index contributed by atoms with van der Waals surface area (Å²) in [5, 5.41) is 15.0. The molecule has 19 N–H and O–H groups in total. The van der Waals surface area contributed by atoms with Crippen LogP contribution in [0.1, 0.15) is 106 Å². The lowest BCUT2D eigenvalue weighted by molar-refractivity contribution is -0.118. The van der Waals surface area contributed by atoms with Crippen LogP contribution in [0.15, 0.2) is 63.3 Å². The summed E-state index contributed by atoms with van der Waals surface area (Å²) in [6.45, 7) is 15.5. The molecule has 0 saturated carbocycles. The zero-order valence-corrected chi connectivity index (χ0v) is 40.0. The van der Waals surface area contributed by atoms with Crippen molar-refractivity contribution >= 4 is 75.7 Å². The molecule has 0 unspecified atom stereocenters. The van der Waals surface area contributed by atoms with Crippen molar-refractivity contribution in [1.82, 2.24) is 5.32 Å². The van der Waals surface area contributed by atoms with Gasteiger partial charge in [-0.05, 0) is 104 Å². The average Bonchev–Trinajstić information content (AvgIpc) is 3.22. The molecule has 0 spiro atoms. The number of nitrogens with zero attached hydrogens (tertiary/aromatic N) is 1. The maximum atomic E-state index is 14.1. The molecule has 19 heteroatoms. The van der Waals surface area contributed by atoms with E-state index >= 15 is 0 Å². The van der Waals surface area contributed by atoms with Crippen molar-refractivity contribution in [2.45, 2.75) is 113 Å². The van der Waals surface area contributed by atoms with Crippen LogP contribution < -0.4 is 66.7 Å². The number of nitrogens with two attached hydrogens (primary N) is 7. The van der Waals surface area contributed by atoms with Crippen LogP contribution >= 0.6 is 23.5 Å². The highest BCUT2D eigenvalue weighted by atomic mass is 32.2. The second-order valence-corrected chi connectivity index (χ2v) is 19.8. The fourth-order valence-electron chi connectivity index (χ4n) is 6.19. The van der Waals surface area contributed by atoms with Gasteiger partial charge in [0.05, 0.1) is 50.5 Å². The quantitative estimate of drug-likeness (QED) is 0.0209. The lowest BCUT2D eigenvalue weighted by atomic mass is 9.86. The molecule has 3 rings (SSSR count). The number of rotatable bonds is 23. The zero-order chi connectivity index (χ0) is 47.8. The summed E-state index contributed by atoms with van der Waals surface area (Å²) in [6.07, 6.45) is 1.27. The highest BCUT2D eigenvalue weighted by molar-refractivity contribution is 7.99. The zero-order valence-electron chi connectivity index (χ0n) is 38.4. The number of amidine groups is 1. The highest BCUT2D eigenvalue weighted by Crippen LogP contribution is 2.41. The Morgan fingerprint density at radius 1 is 0.641 bits per heavy atom. The van der Waals surface area contributed by atoms with Crippen molar-refractivity contribution in [3.63, 3.8) is 0 Å². The van der Waals surface area contributed by atoms with E-state index in [4.69, 9.17) is 40.1 Å². The molecule has 0 aliphatic carbocycles. The highest BCUT2D eigenvalue weighted by Gasteiger charge is 2.26. The summed E-state index contributed by atoms with van der Waals surface area (Å²) in [5.74, 6) is -0.249. The Morgan fingerprint density at radius 2 is 1.05 bits per heavy atom. The first-order chi connectivity index (χ1) is 30.0. The number of hydrogen-bond donors (Lipinski definition) is 12. The minimum absolute atomic E-state index is 0.220. The van der Waals surface area contributed by atoms with Gasteiger partial charge in [0.15, 0.2) is 0 Å². The van der Waals surface area contributed by atoms with Gasteiger partial charge in [0.1, 0.15) is 6.29 Å². The van der Waals surface area contributed by atoms with Crippen molar-refractivity contribution in [3.05, 3.63) is 70.8 Å². The Balaban J connectivity index is 1.98. The van der Waals surface area contributed by atoms with Gasteiger partial charge in [-0.1, -0.05) is 47.6 Å². The van der Waals surface area contributed by atoms with Crippen LogP contribution in [0.4, 0.5) is 22.7 Å². The van der Waals surface area contributed by atoms with Crippen molar-refractivity contribution < 1.29 is 19.2 Å². The molecule has 17 nitrogen and oxygen atoms in total. The Labute approximate surface area is 386 Å². The molecular formula is C45H71N13O4S2. The van der Waals surface area contributed by atoms with E-state index in [1.165, 1.54) is 29.6 Å². The fourth-order valence-corrected chi connectivity index (χ4v) is 7.89. The van der Waals surface area contributed by atoms with E-state index in [1.807, 2.05) is 65.8 Å². The minimum atomic E-state index is -0.814. The molecule has 4 amide bonds. The molecule has 352 valence electrons. The van der Waals surface area contributed by atoms with Crippen LogP contribution in [0.3, 0.4) is 0 Å². The van der Waals surface area contributed by atoms with Crippen molar-refractivity contribution in [2.24, 2.45) is 45.1 Å². The summed E-state index contributed by atoms with van der Waals surface area (Å²) in [4.78, 5) is 60.5. The lowest BCUT2D eigenvalue weighted by Gasteiger charge is -2.25. The molecule has 3 aromatic rings. The number of hydrogen-bond acceptors (Lipinski definition) is 14. The van der Waals surface area contributed by atoms with Crippen molar-refractivity contribution in [3.8, 4) is 0 Å². The van der Waals surface area contributed by atoms with Crippen LogP contribution in [0.5, 0.6) is 0 Å². The summed E-state index contributed by atoms with van der Waals surface area (Å²) in [5.41, 5.74) is 44.5. The molecule has 0 fully saturated rings. The van der Waals surface area contributed by atoms with Gasteiger partial charge in [-0.15, -0.1) is 23.5 Å². The van der Waals surface area contributed by atoms with Crippen LogP contribution in [-0.4, -0.2) is 85.5 Å². The molecule has 2 atom stereocenters. The Morgan fingerprint density at radius 3 is 1.42 bits per heavy atom. The fraction of sp³-hybridized carbons (Fsp3) is 0.489. The summed E-state index contributed by atoms with van der Waals surface area (Å²) < 4.78 is 0. The largest absolute Gasteiger partial charge is 0.388 e. The van der Waals surface area contributed by atoms with E-state index in [0.717, 1.165) is 11.1 Å². The smallest absolute Gasteiger partial charge is 0.255 e. The molecule has 0 aliphatic heterocycles. The van der Waals surface area contributed by atoms with Gasteiger partial charge in [0.25, 0.3) is 11.8 Å². The molecule has 0 aliphatic rings. The Bertz CT molecular complexity index is 2100. The van der Waals surface area contributed by atoms with Gasteiger partial charge in [0.2, 0.25) is 11.8 Å². The third kappa shape index (κ3) is 17.1. The molecule has 0 heterocycles. The van der Waals surface area contributed by atoms with E-state index in [9.17, 15) is 19.2 Å². The van der Waals surface area contributed by atoms with Crippen LogP contribution in [0, 0.1) is 0 Å². The van der Waals surface area contributed by atoms with E-state index in [-0.39, 0.29) is 33.8 Å². The number of carbonyl (C=O) groups excluding carboxylic acids is 4. The van der Waals surface area contributed by atoms with E-state index in [2.05, 4.69) is 31.6 Å². The number of anilines is 4. The van der Waals surface area contributed by atoms with Gasteiger partial charge in [-0.2, -0.15) is 0 Å². The van der Waals surface area contributed by atoms with Crippen molar-refractivity contribution in [1.29, 1.82) is 0 Å². The number of amides is 4. The molecule has 64 heavy (non-hydrogen) atoms. The third-order valence-corrected chi connectivity index (χ3v) is 12.2. The average molecular weight is 922 g/mol. The predicted molar refractivity (Wildman–Crippen MR) is 266 cm³/mol. The van der Waals surface area contributed by atoms with E-state index in [0.29, 0.717) is 102 Å². The lowest BCUT2D eigenvalue weighted by Crippen LogP contribution is -2.46. The SMILES string of the molecule is CC(N)=NCCC[C@@H](N)C(=O)Nc1cc(C(C)(C)C)cc(NC(=O)c2cccc(C(=O)Nc3cc(C(C)(C)C)cc(NC(=O)[C@H](N)CCCNC(N)N)c3SCCN)c2)c1SCCN. The van der Waals surface area contributed by atoms with Gasteiger partial charge >= 0.3 is 0 Å². The third-order valence-electron chi connectivity index (χ3n) is 9.82. The van der Waals surface area contributed by atoms with Crippen LogP contribution in [-0.2, 0) is 20.4 Å². The molecule has 0 aromatic heterocycles. The molecule has 0 saturated heterocycles. The van der Waals surface area contributed by atoms with E-state index < -0.39 is 30.2 Å². The summed E-state index contributed by atoms with van der Waals surface area (Å²) in [6, 6.07) is 12.3. The second kappa shape index (κ2) is 25.2. The topological polar surface area (TPSA) is 323 Å². The van der Waals surface area contributed by atoms with E-state index in [1.54, 1.807) is 25.1 Å². The number of benzene rings is 3. The second-order valence-electron chi connectivity index (χ2n) is 17.5. The molecule has 0 radical (unpaired) electrons. The first kappa shape index (κ1) is 53.8. The Hall–Kier alpha value is -4.57. The summed E-state index contributed by atoms with van der Waals surface area (Å²) >= 11 is 2.78. The molecule has 0 bridgehead atoms. The van der Waals surface area contributed by atoms with Crippen LogP contribution in [0.25, 0.3) is 0 Å². The number of thioether (sulfide) groups is 2. The minimum Gasteiger partial charge on any atom is -0.388 e. The first-order valence-corrected chi connectivity index (χ1v) is 23.4. The Kier molecular flexibility index (Phi) is 21.2. The van der Waals surface area contributed by atoms with Gasteiger partial charge in [-0.25, -0.2) is 0 Å². The maximum Gasteiger partial charge on any atom is 0.255 e. The van der Waals surface area contributed by atoms with Gasteiger partial charge in [0, 0.05) is 42.3 Å². The van der Waals surface area contributed by atoms with Gasteiger partial charge in [-0.3, -0.25) is 29.5 Å². The molecule has 3 aromatic carbocycles. The number of carbonyl (C=O) groups is 4. The number of aliphatic imine (C=N–C) groups is 1. The standard InChI is InChI=1S/C45H71N13O4S2/c1-26(48)53-17-9-13-31(49)41(61)57-35-24-29(44(2,3)4)22-33(37(35)63-19-15-46)55-39(59)27-11-8-12-28(21-27)40(60)56-34-23-30(45(5,6)7)25-36(38(34)64-20-16-47)58-42(62)32(50)14-10-18-54-43(51)52/h8,11-12,21-25,31-32,43,54H,9-10,13-20,46-47,49-52H2,1-7H3,(H2,48,53)(H,55,59)(H,56,60)(H,57,61)(H,58,62)/t31-,32-/m1/s1. The number of nitrogens with one attached hydrogen (secondary N) is 5. The first-order valence-electron chi connectivity index (χ1n) is 21.4. The molecular weight excluding hydrogens is 851 g/mol. The predicted octanol–water partition coefficient (Wildman–Crippen LogP) is 4.15. The maximum absolute atomic E-state index is 14.1. The van der Waals surface area contributed by atoms with Crippen molar-refractivity contribution in [2.75, 3.05) is 59.0 Å². The normalized spacial score (nSPS) is 13.1. The monoisotopic (exact) mass is 922 g/mol. The van der Waals surface area contributed by atoms with Crippen LogP contribution in [0.2, 0.25) is 0 Å². The van der Waals surface area contributed by atoms with Gasteiger partial charge < -0.3 is 61.4 Å². The summed E-state index contributed by atoms with van der Waals surface area (Å²) in [7, 11) is 0.